The molecule has 2 unspecified atom stereocenters. The number of piperidine rings is 1. The zero-order valence-electron chi connectivity index (χ0n) is 8.99. The molecule has 1 saturated heterocycles. The summed E-state index contributed by atoms with van der Waals surface area (Å²) in [5.74, 6) is -0.343. The van der Waals surface area contributed by atoms with Gasteiger partial charge in [-0.25, -0.2) is 4.39 Å². The van der Waals surface area contributed by atoms with Crippen molar-refractivity contribution >= 4 is 0 Å². The molecule has 88 valence electrons. The zero-order chi connectivity index (χ0) is 11.6. The summed E-state index contributed by atoms with van der Waals surface area (Å²) in [6, 6.07) is 5.59. The van der Waals surface area contributed by atoms with Crippen LogP contribution in [-0.4, -0.2) is 28.9 Å². The molecule has 0 saturated carbocycles. The van der Waals surface area contributed by atoms with E-state index in [1.807, 2.05) is 0 Å². The van der Waals surface area contributed by atoms with E-state index in [0.29, 0.717) is 18.5 Å². The van der Waals surface area contributed by atoms with Crippen LogP contribution >= 0.6 is 0 Å². The summed E-state index contributed by atoms with van der Waals surface area (Å²) >= 11 is 0. The van der Waals surface area contributed by atoms with Gasteiger partial charge in [0.05, 0.1) is 0 Å². The smallest absolute Gasteiger partial charge is 0.123 e. The number of halogens is 1. The number of nitrogens with one attached hydrogen (secondary N) is 1. The van der Waals surface area contributed by atoms with Gasteiger partial charge in [0, 0.05) is 6.54 Å². The van der Waals surface area contributed by atoms with Crippen molar-refractivity contribution in [2.24, 2.45) is 0 Å². The minimum absolute atomic E-state index is 0.343. The number of aliphatic hydroxyl groups excluding tert-OH is 1. The van der Waals surface area contributed by atoms with Crippen molar-refractivity contribution in [2.45, 2.75) is 24.5 Å². The van der Waals surface area contributed by atoms with Crippen LogP contribution in [0.3, 0.4) is 0 Å². The SMILES string of the molecule is OC(c1ccc(F)cc1)C1(O)CCCNC1. The molecule has 0 amide bonds. The van der Waals surface area contributed by atoms with Gasteiger partial charge in [-0.15, -0.1) is 0 Å². The highest BCUT2D eigenvalue weighted by molar-refractivity contribution is 5.21. The molecule has 0 aliphatic carbocycles. The van der Waals surface area contributed by atoms with Crippen LogP contribution in [0.2, 0.25) is 0 Å². The van der Waals surface area contributed by atoms with Crippen LogP contribution in [0, 0.1) is 5.82 Å². The number of hydrogen-bond acceptors (Lipinski definition) is 3. The normalized spacial score (nSPS) is 27.7. The lowest BCUT2D eigenvalue weighted by atomic mass is 9.85. The van der Waals surface area contributed by atoms with E-state index in [2.05, 4.69) is 5.32 Å². The fourth-order valence-electron chi connectivity index (χ4n) is 2.10. The lowest BCUT2D eigenvalue weighted by Gasteiger charge is -2.36. The van der Waals surface area contributed by atoms with Crippen molar-refractivity contribution in [3.63, 3.8) is 0 Å². The predicted octanol–water partition coefficient (Wildman–Crippen LogP) is 0.974. The standard InChI is InChI=1S/C12H16FNO2/c13-10-4-2-9(3-5-10)11(15)12(16)6-1-7-14-8-12/h2-5,11,14-16H,1,6-8H2. The van der Waals surface area contributed by atoms with Gasteiger partial charge >= 0.3 is 0 Å². The molecule has 1 aromatic rings. The van der Waals surface area contributed by atoms with Crippen molar-refractivity contribution in [3.05, 3.63) is 35.6 Å². The molecule has 1 aromatic carbocycles. The van der Waals surface area contributed by atoms with Gasteiger partial charge < -0.3 is 15.5 Å². The van der Waals surface area contributed by atoms with E-state index in [4.69, 9.17) is 0 Å². The number of β-amino-alcohol motifs (C(OH)–C–C–N with tert-alkyl or cyclic N) is 1. The van der Waals surface area contributed by atoms with Gasteiger partial charge in [-0.05, 0) is 37.1 Å². The molecule has 1 fully saturated rings. The van der Waals surface area contributed by atoms with E-state index in [-0.39, 0.29) is 5.82 Å². The maximum absolute atomic E-state index is 12.7. The monoisotopic (exact) mass is 225 g/mol. The summed E-state index contributed by atoms with van der Waals surface area (Å²) in [7, 11) is 0. The molecule has 0 spiro atoms. The largest absolute Gasteiger partial charge is 0.385 e. The maximum atomic E-state index is 12.7. The Kier molecular flexibility index (Phi) is 3.23. The molecule has 0 radical (unpaired) electrons. The third-order valence-electron chi connectivity index (χ3n) is 3.09. The van der Waals surface area contributed by atoms with Crippen LogP contribution in [0.4, 0.5) is 4.39 Å². The van der Waals surface area contributed by atoms with Crippen LogP contribution in [-0.2, 0) is 0 Å². The molecule has 2 rings (SSSR count). The summed E-state index contributed by atoms with van der Waals surface area (Å²) in [4.78, 5) is 0. The Morgan fingerprint density at radius 2 is 2.00 bits per heavy atom. The second-order valence-electron chi connectivity index (χ2n) is 4.34. The Morgan fingerprint density at radius 3 is 2.56 bits per heavy atom. The average Bonchev–Trinajstić information content (AvgIpc) is 2.30. The van der Waals surface area contributed by atoms with Gasteiger partial charge in [-0.3, -0.25) is 0 Å². The summed E-state index contributed by atoms with van der Waals surface area (Å²) in [6.07, 6.45) is 0.411. The summed E-state index contributed by atoms with van der Waals surface area (Å²) in [5.41, 5.74) is -0.594. The highest BCUT2D eigenvalue weighted by Gasteiger charge is 2.37. The van der Waals surface area contributed by atoms with Gasteiger partial charge in [-0.2, -0.15) is 0 Å². The third-order valence-corrected chi connectivity index (χ3v) is 3.09. The van der Waals surface area contributed by atoms with Crippen LogP contribution in [0.25, 0.3) is 0 Å². The lowest BCUT2D eigenvalue weighted by Crippen LogP contribution is -2.49. The second-order valence-corrected chi connectivity index (χ2v) is 4.34. The highest BCUT2D eigenvalue weighted by Crippen LogP contribution is 2.31. The van der Waals surface area contributed by atoms with Gasteiger partial charge in [0.25, 0.3) is 0 Å². The Bertz CT molecular complexity index is 347. The zero-order valence-corrected chi connectivity index (χ0v) is 8.99. The average molecular weight is 225 g/mol. The van der Waals surface area contributed by atoms with E-state index < -0.39 is 11.7 Å². The van der Waals surface area contributed by atoms with Crippen LogP contribution < -0.4 is 5.32 Å². The van der Waals surface area contributed by atoms with Gasteiger partial charge in [0.1, 0.15) is 17.5 Å². The third kappa shape index (κ3) is 2.24. The fourth-order valence-corrected chi connectivity index (χ4v) is 2.10. The summed E-state index contributed by atoms with van der Waals surface area (Å²) < 4.78 is 12.7. The first-order chi connectivity index (χ1) is 7.62. The van der Waals surface area contributed by atoms with E-state index in [0.717, 1.165) is 13.0 Å². The number of hydrogen-bond donors (Lipinski definition) is 3. The van der Waals surface area contributed by atoms with Crippen molar-refractivity contribution < 1.29 is 14.6 Å². The van der Waals surface area contributed by atoms with Crippen molar-refractivity contribution in [3.8, 4) is 0 Å². The van der Waals surface area contributed by atoms with Crippen molar-refractivity contribution in [1.82, 2.24) is 5.32 Å². The highest BCUT2D eigenvalue weighted by atomic mass is 19.1. The molecule has 3 nitrogen and oxygen atoms in total. The van der Waals surface area contributed by atoms with Gasteiger partial charge in [0.2, 0.25) is 0 Å². The molecule has 2 atom stereocenters. The molecule has 4 heteroatoms. The van der Waals surface area contributed by atoms with E-state index >= 15 is 0 Å². The molecule has 0 aromatic heterocycles. The molecule has 1 aliphatic heterocycles. The lowest BCUT2D eigenvalue weighted by molar-refractivity contribution is -0.0898. The second kappa shape index (κ2) is 4.49. The molecule has 3 N–H and O–H groups in total. The Hall–Kier alpha value is -0.970. The number of rotatable bonds is 2. The van der Waals surface area contributed by atoms with E-state index in [1.54, 1.807) is 0 Å². The maximum Gasteiger partial charge on any atom is 0.123 e. The molecule has 1 aliphatic rings. The number of benzene rings is 1. The molecule has 1 heterocycles. The topological polar surface area (TPSA) is 52.5 Å². The minimum Gasteiger partial charge on any atom is -0.385 e. The van der Waals surface area contributed by atoms with Crippen LogP contribution in [0.5, 0.6) is 0 Å². The first-order valence-electron chi connectivity index (χ1n) is 5.48. The molecule has 16 heavy (non-hydrogen) atoms. The molecular formula is C12H16FNO2. The van der Waals surface area contributed by atoms with Crippen molar-refractivity contribution in [1.29, 1.82) is 0 Å². The van der Waals surface area contributed by atoms with Gasteiger partial charge in [0.15, 0.2) is 0 Å². The van der Waals surface area contributed by atoms with Crippen molar-refractivity contribution in [2.75, 3.05) is 13.1 Å². The predicted molar refractivity (Wildman–Crippen MR) is 58.4 cm³/mol. The molecular weight excluding hydrogens is 209 g/mol. The van der Waals surface area contributed by atoms with E-state index in [1.165, 1.54) is 24.3 Å². The first kappa shape index (κ1) is 11.5. The Labute approximate surface area is 93.9 Å². The fraction of sp³-hybridized carbons (Fsp3) is 0.500. The Morgan fingerprint density at radius 1 is 1.31 bits per heavy atom. The van der Waals surface area contributed by atoms with Gasteiger partial charge in [-0.1, -0.05) is 12.1 Å². The minimum atomic E-state index is -1.14. The summed E-state index contributed by atoms with van der Waals surface area (Å²) in [5, 5.41) is 23.4. The van der Waals surface area contributed by atoms with Crippen LogP contribution in [0.1, 0.15) is 24.5 Å². The van der Waals surface area contributed by atoms with Crippen LogP contribution in [0.15, 0.2) is 24.3 Å². The number of aliphatic hydroxyl groups is 2. The molecule has 0 bridgehead atoms. The Balaban J connectivity index is 2.16. The van der Waals surface area contributed by atoms with E-state index in [9.17, 15) is 14.6 Å². The quantitative estimate of drug-likeness (QED) is 0.703. The first-order valence-corrected chi connectivity index (χ1v) is 5.48. The summed E-state index contributed by atoms with van der Waals surface area (Å²) in [6.45, 7) is 1.23.